The number of nitrogens with one attached hydrogen (secondary N) is 1. The second-order valence-electron chi connectivity index (χ2n) is 4.61. The molecule has 0 aromatic carbocycles. The van der Waals surface area contributed by atoms with E-state index in [9.17, 15) is 0 Å². The molecule has 1 unspecified atom stereocenters. The zero-order chi connectivity index (χ0) is 13.0. The second-order valence-corrected chi connectivity index (χ2v) is 5.61. The van der Waals surface area contributed by atoms with Crippen LogP contribution in [0.5, 0.6) is 0 Å². The summed E-state index contributed by atoms with van der Waals surface area (Å²) in [6.45, 7) is 15.1. The van der Waals surface area contributed by atoms with Gasteiger partial charge in [-0.15, -0.1) is 11.3 Å². The van der Waals surface area contributed by atoms with Gasteiger partial charge in [0, 0.05) is 23.5 Å². The molecule has 0 saturated carbocycles. The molecule has 17 heavy (non-hydrogen) atoms. The highest BCUT2D eigenvalue weighted by atomic mass is 32.1. The Morgan fingerprint density at radius 3 is 2.41 bits per heavy atom. The fraction of sp³-hybridized carbons (Fsp3) is 0.769. The molecule has 0 fully saturated rings. The molecule has 1 aromatic heterocycles. The smallest absolute Gasteiger partial charge is 0.186 e. The van der Waals surface area contributed by atoms with Crippen molar-refractivity contribution in [1.82, 2.24) is 10.3 Å². The van der Waals surface area contributed by atoms with Gasteiger partial charge in [-0.3, -0.25) is 0 Å². The van der Waals surface area contributed by atoms with Gasteiger partial charge in [0.05, 0.1) is 5.69 Å². The molecule has 1 rings (SSSR count). The van der Waals surface area contributed by atoms with Crippen molar-refractivity contribution in [2.45, 2.75) is 53.6 Å². The van der Waals surface area contributed by atoms with E-state index in [1.807, 2.05) is 11.3 Å². The van der Waals surface area contributed by atoms with Crippen LogP contribution in [-0.4, -0.2) is 24.1 Å². The van der Waals surface area contributed by atoms with E-state index in [1.54, 1.807) is 0 Å². The average Bonchev–Trinajstić information content (AvgIpc) is 2.61. The van der Waals surface area contributed by atoms with Gasteiger partial charge in [0.1, 0.15) is 0 Å². The lowest BCUT2D eigenvalue weighted by atomic mass is 10.2. The lowest BCUT2D eigenvalue weighted by Crippen LogP contribution is -2.30. The number of aryl methyl sites for hydroxylation is 1. The van der Waals surface area contributed by atoms with Crippen LogP contribution in [0.25, 0.3) is 0 Å². The molecule has 4 heteroatoms. The first-order valence-corrected chi connectivity index (χ1v) is 7.30. The van der Waals surface area contributed by atoms with E-state index in [-0.39, 0.29) is 0 Å². The van der Waals surface area contributed by atoms with Gasteiger partial charge in [0.2, 0.25) is 0 Å². The van der Waals surface area contributed by atoms with E-state index in [4.69, 9.17) is 4.98 Å². The first-order chi connectivity index (χ1) is 8.01. The summed E-state index contributed by atoms with van der Waals surface area (Å²) in [5, 5.41) is 4.61. The standard InChI is InChI=1S/C13H25N3S/c1-7-14-10(5)12-11(6)15-13(17-12)16(8-2)9(3)4/h9-10,14H,7-8H2,1-6H3. The first kappa shape index (κ1) is 14.5. The number of thiazole rings is 1. The van der Waals surface area contributed by atoms with Crippen LogP contribution in [0.1, 0.15) is 51.2 Å². The molecule has 0 amide bonds. The molecular formula is C13H25N3S. The summed E-state index contributed by atoms with van der Waals surface area (Å²) in [5.41, 5.74) is 1.16. The van der Waals surface area contributed by atoms with E-state index in [0.29, 0.717) is 12.1 Å². The number of aromatic nitrogens is 1. The maximum absolute atomic E-state index is 4.71. The maximum Gasteiger partial charge on any atom is 0.186 e. The molecule has 0 saturated heterocycles. The Morgan fingerprint density at radius 2 is 1.94 bits per heavy atom. The first-order valence-electron chi connectivity index (χ1n) is 6.48. The van der Waals surface area contributed by atoms with Gasteiger partial charge in [-0.25, -0.2) is 4.98 Å². The van der Waals surface area contributed by atoms with Gasteiger partial charge in [-0.1, -0.05) is 6.92 Å². The zero-order valence-corrected chi connectivity index (χ0v) is 12.7. The molecular weight excluding hydrogens is 230 g/mol. The van der Waals surface area contributed by atoms with Gasteiger partial charge < -0.3 is 10.2 Å². The summed E-state index contributed by atoms with van der Waals surface area (Å²) in [4.78, 5) is 8.42. The topological polar surface area (TPSA) is 28.2 Å². The van der Waals surface area contributed by atoms with Crippen molar-refractivity contribution >= 4 is 16.5 Å². The van der Waals surface area contributed by atoms with Crippen molar-refractivity contribution < 1.29 is 0 Å². The van der Waals surface area contributed by atoms with Crippen LogP contribution >= 0.6 is 11.3 Å². The molecule has 3 nitrogen and oxygen atoms in total. The van der Waals surface area contributed by atoms with Crippen LogP contribution in [0, 0.1) is 6.92 Å². The second kappa shape index (κ2) is 6.36. The van der Waals surface area contributed by atoms with E-state index in [1.165, 1.54) is 4.88 Å². The lowest BCUT2D eigenvalue weighted by Gasteiger charge is -2.24. The normalized spacial score (nSPS) is 13.1. The highest BCUT2D eigenvalue weighted by Crippen LogP contribution is 2.31. The Hall–Kier alpha value is -0.610. The van der Waals surface area contributed by atoms with E-state index in [2.05, 4.69) is 51.8 Å². The van der Waals surface area contributed by atoms with Crippen LogP contribution in [0.15, 0.2) is 0 Å². The average molecular weight is 255 g/mol. The van der Waals surface area contributed by atoms with Gasteiger partial charge in [-0.2, -0.15) is 0 Å². The van der Waals surface area contributed by atoms with E-state index < -0.39 is 0 Å². The summed E-state index contributed by atoms with van der Waals surface area (Å²) in [6.07, 6.45) is 0. The maximum atomic E-state index is 4.71. The Bertz CT molecular complexity index is 346. The van der Waals surface area contributed by atoms with E-state index >= 15 is 0 Å². The van der Waals surface area contributed by atoms with Crippen molar-refractivity contribution in [1.29, 1.82) is 0 Å². The van der Waals surface area contributed by atoms with E-state index in [0.717, 1.165) is 23.9 Å². The highest BCUT2D eigenvalue weighted by Gasteiger charge is 2.18. The predicted octanol–water partition coefficient (Wildman–Crippen LogP) is 3.36. The highest BCUT2D eigenvalue weighted by molar-refractivity contribution is 7.15. The van der Waals surface area contributed by atoms with Crippen molar-refractivity contribution in [2.24, 2.45) is 0 Å². The largest absolute Gasteiger partial charge is 0.346 e. The van der Waals surface area contributed by atoms with Gasteiger partial charge in [-0.05, 0) is 41.2 Å². The van der Waals surface area contributed by atoms with Crippen LogP contribution in [-0.2, 0) is 0 Å². The van der Waals surface area contributed by atoms with Crippen LogP contribution in [0.2, 0.25) is 0 Å². The Morgan fingerprint density at radius 1 is 1.29 bits per heavy atom. The molecule has 0 aliphatic heterocycles. The molecule has 0 bridgehead atoms. The van der Waals surface area contributed by atoms with Crippen molar-refractivity contribution in [3.8, 4) is 0 Å². The van der Waals surface area contributed by atoms with Gasteiger partial charge in [0.25, 0.3) is 0 Å². The number of nitrogens with zero attached hydrogens (tertiary/aromatic N) is 2. The summed E-state index contributed by atoms with van der Waals surface area (Å²) < 4.78 is 0. The number of hydrogen-bond donors (Lipinski definition) is 1. The molecule has 0 spiro atoms. The van der Waals surface area contributed by atoms with Crippen molar-refractivity contribution in [2.75, 3.05) is 18.0 Å². The van der Waals surface area contributed by atoms with Crippen molar-refractivity contribution in [3.63, 3.8) is 0 Å². The Balaban J connectivity index is 2.94. The molecule has 1 heterocycles. The molecule has 0 radical (unpaired) electrons. The SMILES string of the molecule is CCNC(C)c1sc(N(CC)C(C)C)nc1C. The molecule has 0 aliphatic rings. The zero-order valence-electron chi connectivity index (χ0n) is 11.9. The third-order valence-electron chi connectivity index (χ3n) is 2.93. The summed E-state index contributed by atoms with van der Waals surface area (Å²) in [7, 11) is 0. The monoisotopic (exact) mass is 255 g/mol. The minimum Gasteiger partial charge on any atom is -0.346 e. The lowest BCUT2D eigenvalue weighted by molar-refractivity contribution is 0.603. The quantitative estimate of drug-likeness (QED) is 0.845. The predicted molar refractivity (Wildman–Crippen MR) is 77.1 cm³/mol. The third-order valence-corrected chi connectivity index (χ3v) is 4.31. The Kier molecular flexibility index (Phi) is 5.40. The molecule has 1 atom stereocenters. The van der Waals surface area contributed by atoms with Gasteiger partial charge >= 0.3 is 0 Å². The van der Waals surface area contributed by atoms with Crippen LogP contribution < -0.4 is 10.2 Å². The fourth-order valence-electron chi connectivity index (χ4n) is 2.04. The van der Waals surface area contributed by atoms with Crippen LogP contribution in [0.4, 0.5) is 5.13 Å². The summed E-state index contributed by atoms with van der Waals surface area (Å²) >= 11 is 1.82. The number of rotatable bonds is 6. The fourth-order valence-corrected chi connectivity index (χ4v) is 3.33. The number of hydrogen-bond acceptors (Lipinski definition) is 4. The minimum atomic E-state index is 0.400. The third kappa shape index (κ3) is 3.42. The summed E-state index contributed by atoms with van der Waals surface area (Å²) in [5.74, 6) is 0. The molecule has 1 aromatic rings. The van der Waals surface area contributed by atoms with Crippen molar-refractivity contribution in [3.05, 3.63) is 10.6 Å². The van der Waals surface area contributed by atoms with Crippen LogP contribution in [0.3, 0.4) is 0 Å². The minimum absolute atomic E-state index is 0.400. The van der Waals surface area contributed by atoms with Gasteiger partial charge in [0.15, 0.2) is 5.13 Å². The molecule has 98 valence electrons. The molecule has 0 aliphatic carbocycles. The number of anilines is 1. The molecule has 1 N–H and O–H groups in total. The summed E-state index contributed by atoms with van der Waals surface area (Å²) in [6, 6.07) is 0.907. The Labute approximate surface area is 109 Å².